The van der Waals surface area contributed by atoms with Gasteiger partial charge in [0.1, 0.15) is 0 Å². The van der Waals surface area contributed by atoms with Gasteiger partial charge in [-0.05, 0) is 29.8 Å². The van der Waals surface area contributed by atoms with Gasteiger partial charge in [0.05, 0.1) is 16.8 Å². The Morgan fingerprint density at radius 2 is 2.00 bits per heavy atom. The van der Waals surface area contributed by atoms with Gasteiger partial charge in [0.2, 0.25) is 5.91 Å². The van der Waals surface area contributed by atoms with E-state index >= 15 is 0 Å². The number of methoxy groups -OCH3 is 1. The van der Waals surface area contributed by atoms with E-state index in [-0.39, 0.29) is 11.8 Å². The van der Waals surface area contributed by atoms with Crippen molar-refractivity contribution in [3.05, 3.63) is 65.0 Å². The molecule has 2 amide bonds. The van der Waals surface area contributed by atoms with Crippen LogP contribution in [-0.4, -0.2) is 30.1 Å². The number of amides is 2. The van der Waals surface area contributed by atoms with Crippen molar-refractivity contribution in [2.24, 2.45) is 4.99 Å². The zero-order chi connectivity index (χ0) is 19.9. The lowest BCUT2D eigenvalue weighted by Gasteiger charge is -2.05. The first kappa shape index (κ1) is 19.7. The fraction of sp³-hybridized carbons (Fsp3) is 0.190. The second-order valence-corrected chi connectivity index (χ2v) is 7.10. The average molecular weight is 395 g/mol. The molecule has 3 aromatic rings. The number of anilines is 1. The topological polar surface area (TPSA) is 72.7 Å². The first-order valence-corrected chi connectivity index (χ1v) is 9.60. The highest BCUT2D eigenvalue weighted by molar-refractivity contribution is 7.16. The highest BCUT2D eigenvalue weighted by Crippen LogP contribution is 2.22. The molecule has 6 nitrogen and oxygen atoms in total. The molecule has 0 saturated heterocycles. The average Bonchev–Trinajstić information content (AvgIpc) is 3.01. The summed E-state index contributed by atoms with van der Waals surface area (Å²) in [7, 11) is 1.63. The van der Waals surface area contributed by atoms with Gasteiger partial charge in [-0.2, -0.15) is 4.99 Å². The predicted octanol–water partition coefficient (Wildman–Crippen LogP) is 3.45. The number of carbonyl (C=O) groups is 2. The van der Waals surface area contributed by atoms with Crippen LogP contribution in [0.25, 0.3) is 16.3 Å². The molecule has 28 heavy (non-hydrogen) atoms. The molecule has 0 radical (unpaired) electrons. The van der Waals surface area contributed by atoms with Crippen molar-refractivity contribution >= 4 is 45.1 Å². The summed E-state index contributed by atoms with van der Waals surface area (Å²) in [6, 6.07) is 15.2. The van der Waals surface area contributed by atoms with Crippen molar-refractivity contribution in [2.45, 2.75) is 13.5 Å². The molecule has 1 aromatic heterocycles. The summed E-state index contributed by atoms with van der Waals surface area (Å²) in [5.74, 6) is -0.460. The van der Waals surface area contributed by atoms with E-state index in [9.17, 15) is 9.59 Å². The molecule has 1 heterocycles. The maximum atomic E-state index is 12.4. The van der Waals surface area contributed by atoms with Crippen molar-refractivity contribution in [1.82, 2.24) is 4.57 Å². The normalized spacial score (nSPS) is 12.0. The summed E-state index contributed by atoms with van der Waals surface area (Å²) in [5, 5.41) is 2.77. The standard InChI is InChI=1S/C21H21N3O3S/c1-15(25)22-17-9-10-18-19(14-17)28-21(24(18)12-13-27-2)23-20(26)11-8-16-6-4-3-5-7-16/h3-11,14H,12-13H2,1-2H3,(H,22,25). The Balaban J connectivity index is 1.97. The van der Waals surface area contributed by atoms with Gasteiger partial charge in [-0.1, -0.05) is 41.7 Å². The predicted molar refractivity (Wildman–Crippen MR) is 112 cm³/mol. The fourth-order valence-corrected chi connectivity index (χ4v) is 3.80. The monoisotopic (exact) mass is 395 g/mol. The van der Waals surface area contributed by atoms with Crippen LogP contribution >= 0.6 is 11.3 Å². The summed E-state index contributed by atoms with van der Waals surface area (Å²) in [6.45, 7) is 2.54. The van der Waals surface area contributed by atoms with E-state index in [0.717, 1.165) is 15.8 Å². The van der Waals surface area contributed by atoms with Gasteiger partial charge in [-0.3, -0.25) is 9.59 Å². The molecule has 0 aliphatic rings. The van der Waals surface area contributed by atoms with E-state index in [2.05, 4.69) is 10.3 Å². The van der Waals surface area contributed by atoms with Crippen LogP contribution in [0.4, 0.5) is 5.69 Å². The quantitative estimate of drug-likeness (QED) is 0.650. The number of ether oxygens (including phenoxy) is 1. The van der Waals surface area contributed by atoms with Gasteiger partial charge in [0.15, 0.2) is 4.80 Å². The zero-order valence-corrected chi connectivity index (χ0v) is 16.5. The Morgan fingerprint density at radius 1 is 1.21 bits per heavy atom. The maximum absolute atomic E-state index is 12.4. The molecule has 0 aliphatic carbocycles. The zero-order valence-electron chi connectivity index (χ0n) is 15.7. The molecule has 1 N–H and O–H groups in total. The largest absolute Gasteiger partial charge is 0.383 e. The number of hydrogen-bond donors (Lipinski definition) is 1. The van der Waals surface area contributed by atoms with E-state index in [1.54, 1.807) is 13.2 Å². The number of benzene rings is 2. The number of thiazole rings is 1. The lowest BCUT2D eigenvalue weighted by Crippen LogP contribution is -2.18. The van der Waals surface area contributed by atoms with Gasteiger partial charge < -0.3 is 14.6 Å². The Kier molecular flexibility index (Phi) is 6.52. The van der Waals surface area contributed by atoms with Crippen molar-refractivity contribution in [3.8, 4) is 0 Å². The number of aromatic nitrogens is 1. The lowest BCUT2D eigenvalue weighted by molar-refractivity contribution is -0.114. The van der Waals surface area contributed by atoms with Crippen LogP contribution in [0.15, 0.2) is 59.6 Å². The first-order valence-electron chi connectivity index (χ1n) is 8.78. The first-order chi connectivity index (χ1) is 13.6. The molecule has 0 atom stereocenters. The number of nitrogens with one attached hydrogen (secondary N) is 1. The second-order valence-electron chi connectivity index (χ2n) is 6.09. The van der Waals surface area contributed by atoms with Gasteiger partial charge in [-0.25, -0.2) is 0 Å². The number of rotatable bonds is 6. The molecule has 3 rings (SSSR count). The van der Waals surface area contributed by atoms with Crippen molar-refractivity contribution < 1.29 is 14.3 Å². The number of hydrogen-bond acceptors (Lipinski definition) is 4. The van der Waals surface area contributed by atoms with Crippen LogP contribution in [0.5, 0.6) is 0 Å². The molecule has 0 saturated carbocycles. The van der Waals surface area contributed by atoms with Gasteiger partial charge in [0, 0.05) is 32.3 Å². The molecular formula is C21H21N3O3S. The van der Waals surface area contributed by atoms with Crippen LogP contribution in [0.1, 0.15) is 12.5 Å². The van der Waals surface area contributed by atoms with E-state index in [1.807, 2.05) is 53.1 Å². The minimum atomic E-state index is -0.330. The minimum Gasteiger partial charge on any atom is -0.383 e. The Bertz CT molecular complexity index is 1080. The molecule has 7 heteroatoms. The third kappa shape index (κ3) is 5.03. The second kappa shape index (κ2) is 9.25. The van der Waals surface area contributed by atoms with Crippen LogP contribution in [0.2, 0.25) is 0 Å². The summed E-state index contributed by atoms with van der Waals surface area (Å²) in [4.78, 5) is 28.5. The molecule has 0 unspecified atom stereocenters. The number of carbonyl (C=O) groups excluding carboxylic acids is 2. The molecule has 0 spiro atoms. The summed E-state index contributed by atoms with van der Waals surface area (Å²) in [5.41, 5.74) is 2.59. The van der Waals surface area contributed by atoms with E-state index in [1.165, 1.54) is 24.3 Å². The smallest absolute Gasteiger partial charge is 0.272 e. The Hall–Kier alpha value is -3.03. The van der Waals surface area contributed by atoms with Gasteiger partial charge in [0.25, 0.3) is 5.91 Å². The minimum absolute atomic E-state index is 0.130. The molecular weight excluding hydrogens is 374 g/mol. The van der Waals surface area contributed by atoms with Crippen molar-refractivity contribution in [1.29, 1.82) is 0 Å². The number of fused-ring (bicyclic) bond motifs is 1. The highest BCUT2D eigenvalue weighted by Gasteiger charge is 2.09. The summed E-state index contributed by atoms with van der Waals surface area (Å²) in [6.07, 6.45) is 3.21. The van der Waals surface area contributed by atoms with E-state index in [4.69, 9.17) is 4.74 Å². The summed E-state index contributed by atoms with van der Waals surface area (Å²) < 4.78 is 8.08. The number of nitrogens with zero attached hydrogens (tertiary/aromatic N) is 2. The van der Waals surface area contributed by atoms with Crippen LogP contribution in [0, 0.1) is 0 Å². The van der Waals surface area contributed by atoms with Crippen LogP contribution in [0.3, 0.4) is 0 Å². The Morgan fingerprint density at radius 3 is 2.71 bits per heavy atom. The fourth-order valence-electron chi connectivity index (χ4n) is 2.70. The molecule has 0 fully saturated rings. The molecule has 144 valence electrons. The Labute approximate surface area is 166 Å². The van der Waals surface area contributed by atoms with E-state index < -0.39 is 0 Å². The van der Waals surface area contributed by atoms with Gasteiger partial charge in [-0.15, -0.1) is 0 Å². The lowest BCUT2D eigenvalue weighted by atomic mass is 10.2. The van der Waals surface area contributed by atoms with Crippen LogP contribution in [-0.2, 0) is 20.9 Å². The van der Waals surface area contributed by atoms with Gasteiger partial charge >= 0.3 is 0 Å². The third-order valence-corrected chi connectivity index (χ3v) is 4.99. The maximum Gasteiger partial charge on any atom is 0.272 e. The van der Waals surface area contributed by atoms with Crippen molar-refractivity contribution in [2.75, 3.05) is 19.0 Å². The SMILES string of the molecule is COCCn1c(=NC(=O)C=Cc2ccccc2)sc2cc(NC(C)=O)ccc21. The molecule has 0 bridgehead atoms. The summed E-state index contributed by atoms with van der Waals surface area (Å²) >= 11 is 1.40. The van der Waals surface area contributed by atoms with Crippen molar-refractivity contribution in [3.63, 3.8) is 0 Å². The van der Waals surface area contributed by atoms with Crippen LogP contribution < -0.4 is 10.1 Å². The van der Waals surface area contributed by atoms with E-state index in [0.29, 0.717) is 23.6 Å². The third-order valence-electron chi connectivity index (χ3n) is 3.95. The highest BCUT2D eigenvalue weighted by atomic mass is 32.1. The molecule has 0 aliphatic heterocycles. The molecule has 2 aromatic carbocycles.